The lowest BCUT2D eigenvalue weighted by molar-refractivity contribution is -0.384. The quantitative estimate of drug-likeness (QED) is 0.471. The molecule has 1 aromatic rings. The average molecular weight is 274 g/mol. The van der Waals surface area contributed by atoms with E-state index in [1.54, 1.807) is 12.1 Å². The largest absolute Gasteiger partial charge is 0.339 e. The molecule has 1 heterocycles. The van der Waals surface area contributed by atoms with Crippen LogP contribution in [0, 0.1) is 10.1 Å². The molecule has 5 nitrogen and oxygen atoms in total. The van der Waals surface area contributed by atoms with Gasteiger partial charge in [-0.3, -0.25) is 14.9 Å². The summed E-state index contributed by atoms with van der Waals surface area (Å²) < 4.78 is 0. The third-order valence-electron chi connectivity index (χ3n) is 3.41. The van der Waals surface area contributed by atoms with Crippen molar-refractivity contribution < 1.29 is 9.72 Å². The topological polar surface area (TPSA) is 63.4 Å². The summed E-state index contributed by atoms with van der Waals surface area (Å²) in [6.07, 6.45) is 7.14. The van der Waals surface area contributed by atoms with Gasteiger partial charge < -0.3 is 4.90 Å². The molecule has 1 amide bonds. The number of non-ortho nitro benzene ring substituents is 1. The highest BCUT2D eigenvalue weighted by Gasteiger charge is 2.13. The Balaban J connectivity index is 1.76. The van der Waals surface area contributed by atoms with Crippen molar-refractivity contribution in [2.45, 2.75) is 25.7 Å². The van der Waals surface area contributed by atoms with Crippen LogP contribution in [0.25, 0.3) is 0 Å². The predicted molar refractivity (Wildman–Crippen MR) is 76.4 cm³/mol. The Kier molecular flexibility index (Phi) is 4.87. The number of carbonyl (C=O) groups is 1. The summed E-state index contributed by atoms with van der Waals surface area (Å²) in [7, 11) is 0. The Morgan fingerprint density at radius 2 is 2.00 bits per heavy atom. The maximum atomic E-state index is 11.9. The number of nitro groups is 1. The predicted octanol–water partition coefficient (Wildman–Crippen LogP) is 2.71. The summed E-state index contributed by atoms with van der Waals surface area (Å²) in [6, 6.07) is 6.53. The summed E-state index contributed by atoms with van der Waals surface area (Å²) in [5.41, 5.74) is 1.13. The van der Waals surface area contributed by atoms with E-state index in [4.69, 9.17) is 0 Å². The summed E-state index contributed by atoms with van der Waals surface area (Å²) in [4.78, 5) is 23.9. The van der Waals surface area contributed by atoms with Gasteiger partial charge in [-0.1, -0.05) is 24.3 Å². The van der Waals surface area contributed by atoms with E-state index in [1.807, 2.05) is 11.0 Å². The van der Waals surface area contributed by atoms with Gasteiger partial charge in [-0.15, -0.1) is 0 Å². The first-order chi connectivity index (χ1) is 9.66. The Morgan fingerprint density at radius 3 is 2.60 bits per heavy atom. The molecule has 5 heteroatoms. The molecule has 1 aliphatic rings. The molecule has 106 valence electrons. The van der Waals surface area contributed by atoms with Gasteiger partial charge in [-0.2, -0.15) is 0 Å². The fourth-order valence-corrected chi connectivity index (χ4v) is 2.25. The van der Waals surface area contributed by atoms with Crippen LogP contribution in [0.1, 0.15) is 24.8 Å². The van der Waals surface area contributed by atoms with Crippen LogP contribution < -0.4 is 0 Å². The standard InChI is InChI=1S/C15H18N2O3/c18-15(16-11-2-1-3-12-16)6-4-5-13-7-9-14(10-8-13)17(19)20/h1-2,7-10H,3-6,11-12H2. The van der Waals surface area contributed by atoms with Crippen LogP contribution in [0.2, 0.25) is 0 Å². The Bertz CT molecular complexity index is 508. The molecule has 0 saturated heterocycles. The molecule has 20 heavy (non-hydrogen) atoms. The van der Waals surface area contributed by atoms with Gasteiger partial charge in [0.25, 0.3) is 5.69 Å². The second kappa shape index (κ2) is 6.84. The van der Waals surface area contributed by atoms with Crippen molar-refractivity contribution in [3.8, 4) is 0 Å². The van der Waals surface area contributed by atoms with Gasteiger partial charge in [0.15, 0.2) is 0 Å². The third kappa shape index (κ3) is 3.91. The summed E-state index contributed by atoms with van der Waals surface area (Å²) >= 11 is 0. The Labute approximate surface area is 118 Å². The first kappa shape index (κ1) is 14.2. The van der Waals surface area contributed by atoms with E-state index in [0.717, 1.165) is 37.9 Å². The minimum Gasteiger partial charge on any atom is -0.339 e. The molecule has 1 aliphatic heterocycles. The van der Waals surface area contributed by atoms with Crippen molar-refractivity contribution in [3.63, 3.8) is 0 Å². The smallest absolute Gasteiger partial charge is 0.269 e. The molecule has 0 spiro atoms. The van der Waals surface area contributed by atoms with Crippen LogP contribution >= 0.6 is 0 Å². The Hall–Kier alpha value is -2.17. The van der Waals surface area contributed by atoms with Crippen LogP contribution in [0.15, 0.2) is 36.4 Å². The third-order valence-corrected chi connectivity index (χ3v) is 3.41. The highest BCUT2D eigenvalue weighted by molar-refractivity contribution is 5.76. The average Bonchev–Trinajstić information content (AvgIpc) is 2.48. The first-order valence-corrected chi connectivity index (χ1v) is 6.83. The van der Waals surface area contributed by atoms with E-state index in [0.29, 0.717) is 6.42 Å². The van der Waals surface area contributed by atoms with Gasteiger partial charge in [-0.05, 0) is 24.8 Å². The minimum atomic E-state index is -0.406. The van der Waals surface area contributed by atoms with E-state index in [2.05, 4.69) is 6.08 Å². The number of aryl methyl sites for hydroxylation is 1. The van der Waals surface area contributed by atoms with Crippen LogP contribution in [0.5, 0.6) is 0 Å². The summed E-state index contributed by atoms with van der Waals surface area (Å²) in [6.45, 7) is 1.53. The molecule has 0 fully saturated rings. The molecule has 0 N–H and O–H groups in total. The monoisotopic (exact) mass is 274 g/mol. The van der Waals surface area contributed by atoms with Crippen LogP contribution in [-0.2, 0) is 11.2 Å². The lowest BCUT2D eigenvalue weighted by Crippen LogP contribution is -2.33. The van der Waals surface area contributed by atoms with Crippen LogP contribution in [-0.4, -0.2) is 28.8 Å². The van der Waals surface area contributed by atoms with Gasteiger partial charge in [0.1, 0.15) is 0 Å². The zero-order valence-corrected chi connectivity index (χ0v) is 11.3. The normalized spacial score (nSPS) is 14.3. The Morgan fingerprint density at radius 1 is 1.25 bits per heavy atom. The summed E-state index contributed by atoms with van der Waals surface area (Å²) in [5.74, 6) is 0.191. The number of amides is 1. The van der Waals surface area contributed by atoms with Crippen molar-refractivity contribution in [1.29, 1.82) is 0 Å². The molecule has 2 rings (SSSR count). The number of nitro benzene ring substituents is 1. The molecule has 0 saturated carbocycles. The second-order valence-electron chi connectivity index (χ2n) is 4.88. The lowest BCUT2D eigenvalue weighted by Gasteiger charge is -2.23. The van der Waals surface area contributed by atoms with Gasteiger partial charge in [0, 0.05) is 31.6 Å². The highest BCUT2D eigenvalue weighted by atomic mass is 16.6. The van der Waals surface area contributed by atoms with Crippen LogP contribution in [0.3, 0.4) is 0 Å². The van der Waals surface area contributed by atoms with Crippen molar-refractivity contribution in [1.82, 2.24) is 4.90 Å². The second-order valence-corrected chi connectivity index (χ2v) is 4.88. The molecule has 0 aliphatic carbocycles. The van der Waals surface area contributed by atoms with Gasteiger partial charge in [0.05, 0.1) is 4.92 Å². The fraction of sp³-hybridized carbons (Fsp3) is 0.400. The molecule has 0 radical (unpaired) electrons. The molecule has 0 unspecified atom stereocenters. The summed E-state index contributed by atoms with van der Waals surface area (Å²) in [5, 5.41) is 10.5. The van der Waals surface area contributed by atoms with E-state index >= 15 is 0 Å². The fourth-order valence-electron chi connectivity index (χ4n) is 2.25. The number of hydrogen-bond donors (Lipinski definition) is 0. The molecule has 0 atom stereocenters. The molecular weight excluding hydrogens is 256 g/mol. The van der Waals surface area contributed by atoms with Crippen molar-refractivity contribution in [2.75, 3.05) is 13.1 Å². The zero-order chi connectivity index (χ0) is 14.4. The van der Waals surface area contributed by atoms with Crippen molar-refractivity contribution in [3.05, 3.63) is 52.1 Å². The minimum absolute atomic E-state index is 0.102. The van der Waals surface area contributed by atoms with E-state index in [9.17, 15) is 14.9 Å². The highest BCUT2D eigenvalue weighted by Crippen LogP contribution is 2.14. The van der Waals surface area contributed by atoms with Crippen LogP contribution in [0.4, 0.5) is 5.69 Å². The van der Waals surface area contributed by atoms with Gasteiger partial charge in [0.2, 0.25) is 5.91 Å². The van der Waals surface area contributed by atoms with Crippen molar-refractivity contribution in [2.24, 2.45) is 0 Å². The van der Waals surface area contributed by atoms with Crippen molar-refractivity contribution >= 4 is 11.6 Å². The van der Waals surface area contributed by atoms with Gasteiger partial charge >= 0.3 is 0 Å². The number of benzene rings is 1. The maximum Gasteiger partial charge on any atom is 0.269 e. The molecule has 0 aromatic heterocycles. The number of rotatable bonds is 5. The first-order valence-electron chi connectivity index (χ1n) is 6.83. The van der Waals surface area contributed by atoms with Gasteiger partial charge in [-0.25, -0.2) is 0 Å². The zero-order valence-electron chi connectivity index (χ0n) is 11.3. The number of carbonyl (C=O) groups excluding carboxylic acids is 1. The molecule has 1 aromatic carbocycles. The van der Waals surface area contributed by atoms with E-state index in [-0.39, 0.29) is 11.6 Å². The lowest BCUT2D eigenvalue weighted by atomic mass is 10.1. The SMILES string of the molecule is O=C(CCCc1ccc([N+](=O)[O-])cc1)N1CC=CCC1. The number of nitrogens with zero attached hydrogens (tertiary/aromatic N) is 2. The van der Waals surface area contributed by atoms with E-state index in [1.165, 1.54) is 12.1 Å². The number of hydrogen-bond acceptors (Lipinski definition) is 3. The van der Waals surface area contributed by atoms with E-state index < -0.39 is 4.92 Å². The molecular formula is C15H18N2O3. The molecule has 0 bridgehead atoms. The maximum absolute atomic E-state index is 11.9.